The molecular formula is C12H11N3. The number of aromatic nitrogens is 1. The summed E-state index contributed by atoms with van der Waals surface area (Å²) in [6.45, 7) is 0.457. The van der Waals surface area contributed by atoms with Crippen molar-refractivity contribution in [2.24, 2.45) is 0 Å². The number of nitrogens with two attached hydrogens (primary N) is 1. The van der Waals surface area contributed by atoms with E-state index in [9.17, 15) is 0 Å². The summed E-state index contributed by atoms with van der Waals surface area (Å²) in [5.41, 5.74) is 8.22. The van der Waals surface area contributed by atoms with Gasteiger partial charge in [-0.25, -0.2) is 0 Å². The largest absolute Gasteiger partial charge is 0.396 e. The molecular weight excluding hydrogens is 186 g/mol. The minimum atomic E-state index is 0.457. The summed E-state index contributed by atoms with van der Waals surface area (Å²) in [5.74, 6) is 2.52. The van der Waals surface area contributed by atoms with E-state index in [0.29, 0.717) is 12.2 Å². The van der Waals surface area contributed by atoms with Crippen LogP contribution in [-0.4, -0.2) is 11.5 Å². The van der Waals surface area contributed by atoms with Crippen molar-refractivity contribution in [2.75, 3.05) is 17.6 Å². The average molecular weight is 197 g/mol. The van der Waals surface area contributed by atoms with Gasteiger partial charge in [-0.2, -0.15) is 0 Å². The van der Waals surface area contributed by atoms with Crippen molar-refractivity contribution in [1.29, 1.82) is 0 Å². The van der Waals surface area contributed by atoms with Crippen LogP contribution in [0.25, 0.3) is 10.9 Å². The van der Waals surface area contributed by atoms with Gasteiger partial charge in [0.1, 0.15) is 0 Å². The van der Waals surface area contributed by atoms with Gasteiger partial charge in [0.05, 0.1) is 29.6 Å². The van der Waals surface area contributed by atoms with Gasteiger partial charge in [0.25, 0.3) is 0 Å². The van der Waals surface area contributed by atoms with Crippen LogP contribution < -0.4 is 11.1 Å². The third kappa shape index (κ3) is 1.70. The molecule has 0 saturated carbocycles. The van der Waals surface area contributed by atoms with Crippen LogP contribution in [0.5, 0.6) is 0 Å². The van der Waals surface area contributed by atoms with E-state index >= 15 is 0 Å². The predicted molar refractivity (Wildman–Crippen MR) is 63.5 cm³/mol. The molecule has 0 spiro atoms. The summed E-state index contributed by atoms with van der Waals surface area (Å²) in [4.78, 5) is 4.23. The molecule has 1 aromatic heterocycles. The topological polar surface area (TPSA) is 50.9 Å². The van der Waals surface area contributed by atoms with Gasteiger partial charge in [0.15, 0.2) is 0 Å². The van der Waals surface area contributed by atoms with E-state index in [1.54, 1.807) is 6.20 Å². The number of terminal acetylenes is 1. The molecule has 0 aliphatic heterocycles. The zero-order chi connectivity index (χ0) is 10.7. The van der Waals surface area contributed by atoms with Crippen LogP contribution in [-0.2, 0) is 0 Å². The van der Waals surface area contributed by atoms with Crippen molar-refractivity contribution in [3.63, 3.8) is 0 Å². The molecule has 3 N–H and O–H groups in total. The molecule has 0 bridgehead atoms. The Hall–Kier alpha value is -2.21. The first kappa shape index (κ1) is 9.35. The minimum absolute atomic E-state index is 0.457. The molecule has 0 aliphatic carbocycles. The highest BCUT2D eigenvalue weighted by Gasteiger charge is 2.04. The second-order valence-corrected chi connectivity index (χ2v) is 3.16. The second kappa shape index (κ2) is 3.89. The molecule has 1 aromatic carbocycles. The molecule has 0 saturated heterocycles. The lowest BCUT2D eigenvalue weighted by molar-refractivity contribution is 1.36. The fourth-order valence-corrected chi connectivity index (χ4v) is 1.49. The average Bonchev–Trinajstić information content (AvgIpc) is 2.28. The van der Waals surface area contributed by atoms with Crippen LogP contribution in [0.3, 0.4) is 0 Å². The Kier molecular flexibility index (Phi) is 2.42. The predicted octanol–water partition coefficient (Wildman–Crippen LogP) is 1.86. The summed E-state index contributed by atoms with van der Waals surface area (Å²) in [5, 5.41) is 4.10. The van der Waals surface area contributed by atoms with Crippen LogP contribution >= 0.6 is 0 Å². The van der Waals surface area contributed by atoms with Gasteiger partial charge in [-0.15, -0.1) is 6.42 Å². The summed E-state index contributed by atoms with van der Waals surface area (Å²) < 4.78 is 0. The Morgan fingerprint density at radius 1 is 1.40 bits per heavy atom. The zero-order valence-electron chi connectivity index (χ0n) is 8.20. The van der Waals surface area contributed by atoms with Crippen molar-refractivity contribution in [1.82, 2.24) is 4.98 Å². The fraction of sp³-hybridized carbons (Fsp3) is 0.0833. The molecule has 2 rings (SSSR count). The number of nitrogens with one attached hydrogen (secondary N) is 1. The standard InChI is InChI=1S/C12H11N3/c1-2-7-14-12-9-5-3-4-6-11(9)15-8-10(12)13/h1,3-6,8H,7,13H2,(H,14,15). The Morgan fingerprint density at radius 3 is 3.00 bits per heavy atom. The highest BCUT2D eigenvalue weighted by atomic mass is 14.9. The second-order valence-electron chi connectivity index (χ2n) is 3.16. The first-order valence-electron chi connectivity index (χ1n) is 4.63. The van der Waals surface area contributed by atoms with Crippen molar-refractivity contribution < 1.29 is 0 Å². The zero-order valence-corrected chi connectivity index (χ0v) is 8.20. The molecule has 0 atom stereocenters. The Labute approximate surface area is 88.3 Å². The number of hydrogen-bond acceptors (Lipinski definition) is 3. The van der Waals surface area contributed by atoms with E-state index in [-0.39, 0.29) is 0 Å². The molecule has 2 aromatic rings. The number of para-hydroxylation sites is 1. The Bertz CT molecular complexity index is 526. The molecule has 0 radical (unpaired) electrons. The number of anilines is 2. The molecule has 3 nitrogen and oxygen atoms in total. The van der Waals surface area contributed by atoms with Crippen LogP contribution in [0, 0.1) is 12.3 Å². The number of fused-ring (bicyclic) bond motifs is 1. The van der Waals surface area contributed by atoms with Crippen molar-refractivity contribution >= 4 is 22.3 Å². The number of hydrogen-bond donors (Lipinski definition) is 2. The molecule has 0 unspecified atom stereocenters. The van der Waals surface area contributed by atoms with Gasteiger partial charge < -0.3 is 11.1 Å². The lowest BCUT2D eigenvalue weighted by Gasteiger charge is -2.09. The van der Waals surface area contributed by atoms with Gasteiger partial charge in [-0.3, -0.25) is 4.98 Å². The van der Waals surface area contributed by atoms with Gasteiger partial charge >= 0.3 is 0 Å². The van der Waals surface area contributed by atoms with Crippen LogP contribution in [0.4, 0.5) is 11.4 Å². The SMILES string of the molecule is C#CCNc1c(N)cnc2ccccc12. The maximum Gasteiger partial charge on any atom is 0.0764 e. The Balaban J connectivity index is 2.59. The van der Waals surface area contributed by atoms with Crippen LogP contribution in [0.2, 0.25) is 0 Å². The highest BCUT2D eigenvalue weighted by molar-refractivity contribution is 5.96. The highest BCUT2D eigenvalue weighted by Crippen LogP contribution is 2.26. The maximum absolute atomic E-state index is 5.83. The van der Waals surface area contributed by atoms with Crippen molar-refractivity contribution in [3.8, 4) is 12.3 Å². The number of pyridine rings is 1. The lowest BCUT2D eigenvalue weighted by atomic mass is 10.1. The number of nitrogens with zero attached hydrogens (tertiary/aromatic N) is 1. The molecule has 3 heteroatoms. The summed E-state index contributed by atoms with van der Waals surface area (Å²) >= 11 is 0. The van der Waals surface area contributed by atoms with Crippen LogP contribution in [0.1, 0.15) is 0 Å². The molecule has 15 heavy (non-hydrogen) atoms. The normalized spacial score (nSPS) is 9.80. The molecule has 0 fully saturated rings. The first-order chi connectivity index (χ1) is 7.33. The number of nitrogen functional groups attached to an aromatic ring is 1. The first-order valence-corrected chi connectivity index (χ1v) is 4.63. The van der Waals surface area contributed by atoms with Gasteiger partial charge in [0.2, 0.25) is 0 Å². The third-order valence-corrected chi connectivity index (χ3v) is 2.17. The molecule has 1 heterocycles. The van der Waals surface area contributed by atoms with E-state index in [4.69, 9.17) is 12.2 Å². The molecule has 74 valence electrons. The van der Waals surface area contributed by atoms with E-state index in [1.165, 1.54) is 0 Å². The van der Waals surface area contributed by atoms with Crippen LogP contribution in [0.15, 0.2) is 30.5 Å². The quantitative estimate of drug-likeness (QED) is 0.722. The monoisotopic (exact) mass is 197 g/mol. The van der Waals surface area contributed by atoms with Gasteiger partial charge in [-0.1, -0.05) is 24.1 Å². The summed E-state index contributed by atoms with van der Waals surface area (Å²) in [7, 11) is 0. The van der Waals surface area contributed by atoms with E-state index in [0.717, 1.165) is 16.6 Å². The third-order valence-electron chi connectivity index (χ3n) is 2.17. The molecule has 0 aliphatic rings. The van der Waals surface area contributed by atoms with Crippen molar-refractivity contribution in [3.05, 3.63) is 30.5 Å². The fourth-order valence-electron chi connectivity index (χ4n) is 1.49. The Morgan fingerprint density at radius 2 is 2.20 bits per heavy atom. The van der Waals surface area contributed by atoms with Crippen molar-refractivity contribution in [2.45, 2.75) is 0 Å². The minimum Gasteiger partial charge on any atom is -0.396 e. The van der Waals surface area contributed by atoms with Gasteiger partial charge in [-0.05, 0) is 6.07 Å². The van der Waals surface area contributed by atoms with E-state index in [2.05, 4.69) is 16.2 Å². The molecule has 0 amide bonds. The van der Waals surface area contributed by atoms with Gasteiger partial charge in [0, 0.05) is 5.39 Å². The van der Waals surface area contributed by atoms with E-state index in [1.807, 2.05) is 24.3 Å². The smallest absolute Gasteiger partial charge is 0.0764 e. The number of rotatable bonds is 2. The van der Waals surface area contributed by atoms with E-state index < -0.39 is 0 Å². The number of benzene rings is 1. The summed E-state index contributed by atoms with van der Waals surface area (Å²) in [6, 6.07) is 7.80. The lowest BCUT2D eigenvalue weighted by Crippen LogP contribution is -2.03. The summed E-state index contributed by atoms with van der Waals surface area (Å²) in [6.07, 6.45) is 6.84. The maximum atomic E-state index is 5.83.